The molecule has 0 aliphatic carbocycles. The molecule has 0 saturated carbocycles. The average Bonchev–Trinajstić information content (AvgIpc) is 3.47. The number of amides is 1. The van der Waals surface area contributed by atoms with Crippen LogP contribution in [0.3, 0.4) is 0 Å². The lowest BCUT2D eigenvalue weighted by Crippen LogP contribution is -2.48. The number of hydrogen-bond acceptors (Lipinski definition) is 6. The molecule has 1 fully saturated rings. The first-order valence-electron chi connectivity index (χ1n) is 11.1. The predicted molar refractivity (Wildman–Crippen MR) is 128 cm³/mol. The Hall–Kier alpha value is -3.30. The Kier molecular flexibility index (Phi) is 5.82. The van der Waals surface area contributed by atoms with Gasteiger partial charge in [0.1, 0.15) is 0 Å². The van der Waals surface area contributed by atoms with E-state index in [-0.39, 0.29) is 11.5 Å². The second-order valence-electron chi connectivity index (χ2n) is 8.32. The van der Waals surface area contributed by atoms with Crippen molar-refractivity contribution in [3.05, 3.63) is 81.0 Å². The zero-order chi connectivity index (χ0) is 22.9. The maximum Gasteiger partial charge on any atom is 0.258 e. The second-order valence-corrected chi connectivity index (χ2v) is 9.19. The average molecular weight is 463 g/mol. The van der Waals surface area contributed by atoms with Crippen LogP contribution in [-0.2, 0) is 13.0 Å². The molecule has 0 N–H and O–H groups in total. The van der Waals surface area contributed by atoms with Crippen molar-refractivity contribution in [1.29, 1.82) is 0 Å². The molecule has 0 unspecified atom stereocenters. The monoisotopic (exact) mass is 462 g/mol. The minimum Gasteiger partial charge on any atom is -0.336 e. The van der Waals surface area contributed by atoms with E-state index in [4.69, 9.17) is 0 Å². The summed E-state index contributed by atoms with van der Waals surface area (Å²) in [6, 6.07) is 9.77. The molecule has 0 bridgehead atoms. The molecule has 170 valence electrons. The van der Waals surface area contributed by atoms with Crippen molar-refractivity contribution >= 4 is 22.2 Å². The molecule has 1 saturated heterocycles. The Bertz CT molecular complexity index is 1350. The van der Waals surface area contributed by atoms with E-state index in [1.165, 1.54) is 16.9 Å². The number of aryl methyl sites for hydroxylation is 1. The highest BCUT2D eigenvalue weighted by atomic mass is 32.1. The molecule has 1 aromatic carbocycles. The summed E-state index contributed by atoms with van der Waals surface area (Å²) < 4.78 is 3.43. The summed E-state index contributed by atoms with van der Waals surface area (Å²) >= 11 is 1.46. The summed E-state index contributed by atoms with van der Waals surface area (Å²) in [5.41, 5.74) is 4.48. The Balaban J connectivity index is 1.27. The quantitative estimate of drug-likeness (QED) is 0.456. The van der Waals surface area contributed by atoms with E-state index in [2.05, 4.69) is 41.0 Å². The van der Waals surface area contributed by atoms with E-state index in [1.807, 2.05) is 27.1 Å². The van der Waals surface area contributed by atoms with Gasteiger partial charge in [0.05, 0.1) is 28.8 Å². The number of carbonyl (C=O) groups is 1. The van der Waals surface area contributed by atoms with Crippen LogP contribution in [0.25, 0.3) is 10.6 Å². The molecule has 9 heteroatoms. The standard InChI is InChI=1S/C24H26N6O2S/c1-3-21-20(15-25-30(21)19-6-4-17(2)5-7-19)23(32)28-10-8-27(9-11-28)16-18-14-22(31)29-12-13-33-24(29)26-18/h4-7,12-15H,3,8-11,16H2,1-2H3. The number of fused-ring (bicyclic) bond motifs is 1. The van der Waals surface area contributed by atoms with Crippen LogP contribution in [0, 0.1) is 6.92 Å². The second kappa shape index (κ2) is 8.92. The van der Waals surface area contributed by atoms with E-state index in [0.717, 1.165) is 36.6 Å². The van der Waals surface area contributed by atoms with E-state index in [9.17, 15) is 9.59 Å². The van der Waals surface area contributed by atoms with Crippen LogP contribution < -0.4 is 5.56 Å². The minimum absolute atomic E-state index is 0.0289. The van der Waals surface area contributed by atoms with Crippen molar-refractivity contribution in [2.45, 2.75) is 26.8 Å². The van der Waals surface area contributed by atoms with Crippen LogP contribution in [0.5, 0.6) is 0 Å². The van der Waals surface area contributed by atoms with Gasteiger partial charge in [-0.2, -0.15) is 5.10 Å². The predicted octanol–water partition coefficient (Wildman–Crippen LogP) is 2.77. The fourth-order valence-electron chi connectivity index (χ4n) is 4.28. The van der Waals surface area contributed by atoms with Gasteiger partial charge in [0.15, 0.2) is 4.96 Å². The third kappa shape index (κ3) is 4.21. The Morgan fingerprint density at radius 3 is 2.61 bits per heavy atom. The molecule has 1 aliphatic heterocycles. The molecule has 1 aliphatic rings. The number of piperazine rings is 1. The largest absolute Gasteiger partial charge is 0.336 e. The van der Waals surface area contributed by atoms with Gasteiger partial charge in [-0.15, -0.1) is 11.3 Å². The van der Waals surface area contributed by atoms with Crippen LogP contribution in [0.4, 0.5) is 0 Å². The van der Waals surface area contributed by atoms with Gasteiger partial charge in [-0.3, -0.25) is 18.9 Å². The minimum atomic E-state index is -0.0530. The van der Waals surface area contributed by atoms with E-state index in [1.54, 1.807) is 22.9 Å². The third-order valence-corrected chi connectivity index (χ3v) is 6.87. The van der Waals surface area contributed by atoms with Gasteiger partial charge in [0.2, 0.25) is 0 Å². The molecular formula is C24H26N6O2S. The third-order valence-electron chi connectivity index (χ3n) is 6.11. The SMILES string of the molecule is CCc1c(C(=O)N2CCN(Cc3cc(=O)n4ccsc4n3)CC2)cnn1-c1ccc(C)cc1. The van der Waals surface area contributed by atoms with Gasteiger partial charge < -0.3 is 4.90 Å². The van der Waals surface area contributed by atoms with Crippen LogP contribution in [0.15, 0.2) is 52.9 Å². The van der Waals surface area contributed by atoms with Gasteiger partial charge in [0.25, 0.3) is 11.5 Å². The number of hydrogen-bond donors (Lipinski definition) is 0. The molecule has 1 amide bonds. The van der Waals surface area contributed by atoms with Crippen molar-refractivity contribution in [2.24, 2.45) is 0 Å². The first-order chi connectivity index (χ1) is 16.0. The molecule has 4 aromatic rings. The fourth-order valence-corrected chi connectivity index (χ4v) is 5.02. The number of benzene rings is 1. The van der Waals surface area contributed by atoms with Gasteiger partial charge in [-0.1, -0.05) is 24.6 Å². The summed E-state index contributed by atoms with van der Waals surface area (Å²) in [4.78, 5) is 35.0. The van der Waals surface area contributed by atoms with Crippen molar-refractivity contribution in [2.75, 3.05) is 26.2 Å². The molecule has 33 heavy (non-hydrogen) atoms. The fraction of sp³-hybridized carbons (Fsp3) is 0.333. The smallest absolute Gasteiger partial charge is 0.258 e. The van der Waals surface area contributed by atoms with E-state index in [0.29, 0.717) is 30.2 Å². The first-order valence-corrected chi connectivity index (χ1v) is 12.0. The normalized spacial score (nSPS) is 14.8. The van der Waals surface area contributed by atoms with Gasteiger partial charge in [-0.05, 0) is 25.5 Å². The maximum atomic E-state index is 13.3. The van der Waals surface area contributed by atoms with Crippen molar-refractivity contribution < 1.29 is 4.79 Å². The number of carbonyl (C=O) groups excluding carboxylic acids is 1. The highest BCUT2D eigenvalue weighted by molar-refractivity contribution is 7.15. The number of thiazole rings is 1. The van der Waals surface area contributed by atoms with Crippen molar-refractivity contribution in [3.63, 3.8) is 0 Å². The van der Waals surface area contributed by atoms with Crippen LogP contribution in [0.1, 0.15) is 34.2 Å². The van der Waals surface area contributed by atoms with Crippen LogP contribution in [-0.4, -0.2) is 61.1 Å². The Labute approximate surface area is 195 Å². The summed E-state index contributed by atoms with van der Waals surface area (Å²) in [7, 11) is 0. The Morgan fingerprint density at radius 2 is 1.88 bits per heavy atom. The highest BCUT2D eigenvalue weighted by Crippen LogP contribution is 2.19. The van der Waals surface area contributed by atoms with Gasteiger partial charge in [-0.25, -0.2) is 9.67 Å². The van der Waals surface area contributed by atoms with Crippen molar-refractivity contribution in [3.8, 4) is 5.69 Å². The van der Waals surface area contributed by atoms with Gasteiger partial charge >= 0.3 is 0 Å². The lowest BCUT2D eigenvalue weighted by Gasteiger charge is -2.34. The Morgan fingerprint density at radius 1 is 1.12 bits per heavy atom. The van der Waals surface area contributed by atoms with E-state index >= 15 is 0 Å². The topological polar surface area (TPSA) is 75.7 Å². The summed E-state index contributed by atoms with van der Waals surface area (Å²) in [6.07, 6.45) is 4.16. The molecule has 0 atom stereocenters. The zero-order valence-electron chi connectivity index (χ0n) is 18.8. The number of nitrogens with zero attached hydrogens (tertiary/aromatic N) is 6. The number of aromatic nitrogens is 4. The first kappa shape index (κ1) is 21.5. The zero-order valence-corrected chi connectivity index (χ0v) is 19.6. The van der Waals surface area contributed by atoms with Crippen molar-refractivity contribution in [1.82, 2.24) is 29.0 Å². The summed E-state index contributed by atoms with van der Waals surface area (Å²) in [6.45, 7) is 7.47. The molecule has 3 aromatic heterocycles. The highest BCUT2D eigenvalue weighted by Gasteiger charge is 2.26. The summed E-state index contributed by atoms with van der Waals surface area (Å²) in [5.74, 6) is 0.0289. The maximum absolute atomic E-state index is 13.3. The molecule has 8 nitrogen and oxygen atoms in total. The number of rotatable bonds is 5. The molecule has 0 radical (unpaired) electrons. The molecular weight excluding hydrogens is 436 g/mol. The van der Waals surface area contributed by atoms with Crippen LogP contribution in [0.2, 0.25) is 0 Å². The van der Waals surface area contributed by atoms with E-state index < -0.39 is 0 Å². The van der Waals surface area contributed by atoms with Crippen LogP contribution >= 0.6 is 11.3 Å². The molecule has 5 rings (SSSR count). The summed E-state index contributed by atoms with van der Waals surface area (Å²) in [5, 5.41) is 6.39. The lowest BCUT2D eigenvalue weighted by molar-refractivity contribution is 0.0626. The molecule has 4 heterocycles. The lowest BCUT2D eigenvalue weighted by atomic mass is 10.1. The molecule has 0 spiro atoms. The van der Waals surface area contributed by atoms with Gasteiger partial charge in [0, 0.05) is 50.4 Å².